The second-order valence-electron chi connectivity index (χ2n) is 5.67. The number of rotatable bonds is 5. The zero-order chi connectivity index (χ0) is 16.1. The van der Waals surface area contributed by atoms with Gasteiger partial charge in [-0.2, -0.15) is 0 Å². The fraction of sp³-hybridized carbons (Fsp3) is 0.278. The van der Waals surface area contributed by atoms with E-state index < -0.39 is 0 Å². The summed E-state index contributed by atoms with van der Waals surface area (Å²) >= 11 is 3.42. The first-order chi connectivity index (χ1) is 10.4. The molecule has 0 heterocycles. The molecule has 22 heavy (non-hydrogen) atoms. The van der Waals surface area contributed by atoms with Crippen molar-refractivity contribution in [2.24, 2.45) is 0 Å². The molecule has 116 valence electrons. The van der Waals surface area contributed by atoms with Gasteiger partial charge in [0.15, 0.2) is 0 Å². The maximum absolute atomic E-state index is 12.1. The number of nitrogens with zero attached hydrogens (tertiary/aromatic N) is 1. The number of halogens is 1. The number of anilines is 1. The van der Waals surface area contributed by atoms with Crippen LogP contribution in [0.1, 0.15) is 16.7 Å². The minimum atomic E-state index is 0.0000316. The van der Waals surface area contributed by atoms with Gasteiger partial charge in [-0.3, -0.25) is 9.69 Å². The van der Waals surface area contributed by atoms with Gasteiger partial charge in [0, 0.05) is 16.7 Å². The second kappa shape index (κ2) is 7.56. The Kier molecular flexibility index (Phi) is 5.75. The lowest BCUT2D eigenvalue weighted by Crippen LogP contribution is -2.30. The predicted molar refractivity (Wildman–Crippen MR) is 95.0 cm³/mol. The maximum Gasteiger partial charge on any atom is 0.238 e. The molecule has 1 amide bonds. The summed E-state index contributed by atoms with van der Waals surface area (Å²) in [6.45, 7) is 5.17. The Morgan fingerprint density at radius 2 is 1.82 bits per heavy atom. The highest BCUT2D eigenvalue weighted by Crippen LogP contribution is 2.20. The fourth-order valence-electron chi connectivity index (χ4n) is 2.26. The molecule has 0 aromatic heterocycles. The summed E-state index contributed by atoms with van der Waals surface area (Å²) in [5.74, 6) is 0.0000316. The molecular formula is C18H21BrN2O. The van der Waals surface area contributed by atoms with Crippen molar-refractivity contribution >= 4 is 27.5 Å². The zero-order valence-electron chi connectivity index (χ0n) is 13.2. The van der Waals surface area contributed by atoms with Crippen molar-refractivity contribution in [2.45, 2.75) is 20.4 Å². The number of carbonyl (C=O) groups excluding carboxylic acids is 1. The molecule has 0 bridgehead atoms. The average Bonchev–Trinajstić information content (AvgIpc) is 2.44. The number of nitrogens with one attached hydrogen (secondary N) is 1. The smallest absolute Gasteiger partial charge is 0.238 e. The van der Waals surface area contributed by atoms with Gasteiger partial charge in [0.05, 0.1) is 6.54 Å². The Bertz CT molecular complexity index is 653. The van der Waals surface area contributed by atoms with Gasteiger partial charge >= 0.3 is 0 Å². The summed E-state index contributed by atoms with van der Waals surface area (Å²) in [7, 11) is 1.95. The van der Waals surface area contributed by atoms with Crippen LogP contribution in [0.25, 0.3) is 0 Å². The lowest BCUT2D eigenvalue weighted by atomic mass is 10.1. The minimum absolute atomic E-state index is 0.0000316. The van der Waals surface area contributed by atoms with Crippen LogP contribution in [0, 0.1) is 13.8 Å². The van der Waals surface area contributed by atoms with Crippen LogP contribution in [0.3, 0.4) is 0 Å². The van der Waals surface area contributed by atoms with Crippen LogP contribution in [0.2, 0.25) is 0 Å². The standard InChI is InChI=1S/C18H21BrN2O/c1-13-4-6-15(7-5-13)11-21(3)12-18(22)20-17-9-8-16(19)10-14(17)2/h4-10H,11-12H2,1-3H3,(H,20,22). The van der Waals surface area contributed by atoms with Gasteiger partial charge in [-0.25, -0.2) is 0 Å². The van der Waals surface area contributed by atoms with Crippen molar-refractivity contribution in [3.63, 3.8) is 0 Å². The second-order valence-corrected chi connectivity index (χ2v) is 6.58. The van der Waals surface area contributed by atoms with Gasteiger partial charge in [-0.1, -0.05) is 45.8 Å². The monoisotopic (exact) mass is 360 g/mol. The molecule has 1 N–H and O–H groups in total. The van der Waals surface area contributed by atoms with E-state index in [4.69, 9.17) is 0 Å². The van der Waals surface area contributed by atoms with Crippen LogP contribution in [0.15, 0.2) is 46.9 Å². The molecule has 0 aliphatic heterocycles. The van der Waals surface area contributed by atoms with Crippen LogP contribution in [-0.2, 0) is 11.3 Å². The molecule has 2 aromatic rings. The molecule has 0 spiro atoms. The quantitative estimate of drug-likeness (QED) is 0.868. The van der Waals surface area contributed by atoms with Crippen molar-refractivity contribution in [3.8, 4) is 0 Å². The Hall–Kier alpha value is -1.65. The van der Waals surface area contributed by atoms with E-state index in [-0.39, 0.29) is 5.91 Å². The molecule has 0 saturated carbocycles. The number of aryl methyl sites for hydroxylation is 2. The first kappa shape index (κ1) is 16.7. The third kappa shape index (κ3) is 4.97. The van der Waals surface area contributed by atoms with Gasteiger partial charge in [0.2, 0.25) is 5.91 Å². The number of amides is 1. The summed E-state index contributed by atoms with van der Waals surface area (Å²) in [6, 6.07) is 14.2. The first-order valence-electron chi connectivity index (χ1n) is 7.24. The van der Waals surface area contributed by atoms with E-state index in [1.165, 1.54) is 11.1 Å². The molecule has 0 unspecified atom stereocenters. The number of hydrogen-bond acceptors (Lipinski definition) is 2. The van der Waals surface area contributed by atoms with E-state index in [1.54, 1.807) is 0 Å². The largest absolute Gasteiger partial charge is 0.325 e. The van der Waals surface area contributed by atoms with Crippen molar-refractivity contribution < 1.29 is 4.79 Å². The minimum Gasteiger partial charge on any atom is -0.325 e. The van der Waals surface area contributed by atoms with Crippen LogP contribution in [-0.4, -0.2) is 24.4 Å². The summed E-state index contributed by atoms with van der Waals surface area (Å²) in [6.07, 6.45) is 0. The highest BCUT2D eigenvalue weighted by Gasteiger charge is 2.09. The molecule has 2 aromatic carbocycles. The zero-order valence-corrected chi connectivity index (χ0v) is 14.8. The van der Waals surface area contributed by atoms with E-state index >= 15 is 0 Å². The highest BCUT2D eigenvalue weighted by atomic mass is 79.9. The average molecular weight is 361 g/mol. The number of carbonyl (C=O) groups is 1. The van der Waals surface area contributed by atoms with Crippen molar-refractivity contribution in [1.29, 1.82) is 0 Å². The molecule has 0 aliphatic carbocycles. The molecule has 0 aliphatic rings. The first-order valence-corrected chi connectivity index (χ1v) is 8.03. The Morgan fingerprint density at radius 1 is 1.14 bits per heavy atom. The molecule has 0 atom stereocenters. The fourth-order valence-corrected chi connectivity index (χ4v) is 2.74. The lowest BCUT2D eigenvalue weighted by Gasteiger charge is -2.17. The van der Waals surface area contributed by atoms with E-state index in [1.807, 2.05) is 37.1 Å². The molecule has 3 nitrogen and oxygen atoms in total. The number of hydrogen-bond donors (Lipinski definition) is 1. The van der Waals surface area contributed by atoms with Gasteiger partial charge in [-0.15, -0.1) is 0 Å². The SMILES string of the molecule is Cc1ccc(CN(C)CC(=O)Nc2ccc(Br)cc2C)cc1. The Balaban J connectivity index is 1.89. The summed E-state index contributed by atoms with van der Waals surface area (Å²) in [5.41, 5.74) is 4.36. The van der Waals surface area contributed by atoms with Crippen molar-refractivity contribution in [2.75, 3.05) is 18.9 Å². The van der Waals surface area contributed by atoms with Crippen LogP contribution < -0.4 is 5.32 Å². The van der Waals surface area contributed by atoms with Gasteiger partial charge in [-0.05, 0) is 50.2 Å². The van der Waals surface area contributed by atoms with E-state index in [2.05, 4.69) is 52.4 Å². The summed E-state index contributed by atoms with van der Waals surface area (Å²) < 4.78 is 1.01. The summed E-state index contributed by atoms with van der Waals surface area (Å²) in [4.78, 5) is 14.1. The number of likely N-dealkylation sites (N-methyl/N-ethyl adjacent to an activating group) is 1. The van der Waals surface area contributed by atoms with Crippen LogP contribution >= 0.6 is 15.9 Å². The topological polar surface area (TPSA) is 32.3 Å². The predicted octanol–water partition coefficient (Wildman–Crippen LogP) is 4.14. The Labute approximate surface area is 140 Å². The van der Waals surface area contributed by atoms with Crippen LogP contribution in [0.5, 0.6) is 0 Å². The molecule has 0 saturated heterocycles. The van der Waals surface area contributed by atoms with Crippen LogP contribution in [0.4, 0.5) is 5.69 Å². The third-order valence-corrected chi connectivity index (χ3v) is 3.94. The van der Waals surface area contributed by atoms with Gasteiger partial charge in [0.1, 0.15) is 0 Å². The molecule has 2 rings (SSSR count). The van der Waals surface area contributed by atoms with Gasteiger partial charge < -0.3 is 5.32 Å². The van der Waals surface area contributed by atoms with E-state index in [9.17, 15) is 4.79 Å². The highest BCUT2D eigenvalue weighted by molar-refractivity contribution is 9.10. The molecular weight excluding hydrogens is 340 g/mol. The van der Waals surface area contributed by atoms with Gasteiger partial charge in [0.25, 0.3) is 0 Å². The van der Waals surface area contributed by atoms with Crippen molar-refractivity contribution in [3.05, 3.63) is 63.6 Å². The van der Waals surface area contributed by atoms with Crippen molar-refractivity contribution in [1.82, 2.24) is 4.90 Å². The summed E-state index contributed by atoms with van der Waals surface area (Å²) in [5, 5.41) is 2.96. The number of benzene rings is 2. The molecule has 4 heteroatoms. The molecule has 0 fully saturated rings. The maximum atomic E-state index is 12.1. The van der Waals surface area contributed by atoms with E-state index in [0.717, 1.165) is 22.3 Å². The molecule has 0 radical (unpaired) electrons. The third-order valence-electron chi connectivity index (χ3n) is 3.45. The lowest BCUT2D eigenvalue weighted by molar-refractivity contribution is -0.117. The normalized spacial score (nSPS) is 10.8. The Morgan fingerprint density at radius 3 is 2.45 bits per heavy atom. The van der Waals surface area contributed by atoms with E-state index in [0.29, 0.717) is 6.54 Å².